The number of rotatable bonds is 3. The summed E-state index contributed by atoms with van der Waals surface area (Å²) in [5, 5.41) is 0. The van der Waals surface area contributed by atoms with E-state index in [4.69, 9.17) is 4.74 Å². The summed E-state index contributed by atoms with van der Waals surface area (Å²) in [6.07, 6.45) is 3.09. The maximum atomic E-state index is 11.7. The second-order valence-electron chi connectivity index (χ2n) is 4.94. The molecule has 2 aromatic rings. The monoisotopic (exact) mass is 252 g/mol. The van der Waals surface area contributed by atoms with Crippen LogP contribution >= 0.6 is 0 Å². The van der Waals surface area contributed by atoms with Gasteiger partial charge in [0.15, 0.2) is 0 Å². The third-order valence-electron chi connectivity index (χ3n) is 3.62. The number of hydrogen-bond acceptors (Lipinski definition) is 2. The Morgan fingerprint density at radius 1 is 0.895 bits per heavy atom. The largest absolute Gasteiger partial charge is 0.426 e. The Hall–Kier alpha value is -2.09. The van der Waals surface area contributed by atoms with Crippen LogP contribution in [0.3, 0.4) is 0 Å². The highest BCUT2D eigenvalue weighted by Crippen LogP contribution is 2.29. The zero-order chi connectivity index (χ0) is 13.1. The number of carbonyl (C=O) groups excluding carboxylic acids is 1. The lowest BCUT2D eigenvalue weighted by Crippen LogP contribution is -2.26. The van der Waals surface area contributed by atoms with Crippen molar-refractivity contribution >= 4 is 5.97 Å². The maximum absolute atomic E-state index is 11.7. The fraction of sp³-hybridized carbons (Fsp3) is 0.235. The van der Waals surface area contributed by atoms with E-state index in [1.165, 1.54) is 5.56 Å². The molecule has 3 rings (SSSR count). The van der Waals surface area contributed by atoms with Crippen molar-refractivity contribution in [1.82, 2.24) is 0 Å². The van der Waals surface area contributed by atoms with E-state index in [1.54, 1.807) is 0 Å². The van der Waals surface area contributed by atoms with E-state index in [9.17, 15) is 4.79 Å². The molecule has 0 unspecified atom stereocenters. The molecule has 2 heteroatoms. The second-order valence-corrected chi connectivity index (χ2v) is 4.94. The van der Waals surface area contributed by atoms with Crippen molar-refractivity contribution < 1.29 is 9.53 Å². The Kier molecular flexibility index (Phi) is 3.32. The fourth-order valence-electron chi connectivity index (χ4n) is 2.19. The molecule has 1 aliphatic carbocycles. The van der Waals surface area contributed by atoms with E-state index in [0.29, 0.717) is 5.75 Å². The Balaban J connectivity index is 1.70. The molecule has 1 saturated carbocycles. The second kappa shape index (κ2) is 5.27. The first-order valence-electron chi connectivity index (χ1n) is 6.70. The first-order chi connectivity index (χ1) is 9.33. The van der Waals surface area contributed by atoms with E-state index in [1.807, 2.05) is 42.5 Å². The molecular formula is C17H16O2. The van der Waals surface area contributed by atoms with Crippen molar-refractivity contribution in [3.8, 4) is 16.9 Å². The quantitative estimate of drug-likeness (QED) is 0.608. The van der Waals surface area contributed by atoms with Crippen molar-refractivity contribution in [2.45, 2.75) is 19.3 Å². The van der Waals surface area contributed by atoms with Gasteiger partial charge in [-0.3, -0.25) is 4.79 Å². The highest BCUT2D eigenvalue weighted by atomic mass is 16.5. The van der Waals surface area contributed by atoms with Gasteiger partial charge >= 0.3 is 5.97 Å². The van der Waals surface area contributed by atoms with Gasteiger partial charge in [-0.05, 0) is 36.1 Å². The topological polar surface area (TPSA) is 26.3 Å². The molecule has 0 N–H and O–H groups in total. The summed E-state index contributed by atoms with van der Waals surface area (Å²) in [4.78, 5) is 11.7. The van der Waals surface area contributed by atoms with Crippen molar-refractivity contribution in [3.05, 3.63) is 54.6 Å². The molecule has 0 radical (unpaired) electrons. The lowest BCUT2D eigenvalue weighted by molar-refractivity contribution is -0.141. The molecular weight excluding hydrogens is 236 g/mol. The van der Waals surface area contributed by atoms with Crippen molar-refractivity contribution in [2.75, 3.05) is 0 Å². The third-order valence-corrected chi connectivity index (χ3v) is 3.62. The van der Waals surface area contributed by atoms with Crippen molar-refractivity contribution in [3.63, 3.8) is 0 Å². The Morgan fingerprint density at radius 3 is 2.11 bits per heavy atom. The normalized spacial score (nSPS) is 14.7. The molecule has 96 valence electrons. The molecule has 0 spiro atoms. The minimum atomic E-state index is -0.0845. The van der Waals surface area contributed by atoms with E-state index in [2.05, 4.69) is 12.1 Å². The van der Waals surface area contributed by atoms with Crippen LogP contribution in [-0.2, 0) is 4.79 Å². The summed E-state index contributed by atoms with van der Waals surface area (Å²) >= 11 is 0. The van der Waals surface area contributed by atoms with Crippen molar-refractivity contribution in [1.29, 1.82) is 0 Å². The van der Waals surface area contributed by atoms with Gasteiger partial charge in [0, 0.05) is 0 Å². The molecule has 0 heterocycles. The van der Waals surface area contributed by atoms with Gasteiger partial charge in [-0.2, -0.15) is 0 Å². The summed E-state index contributed by atoms with van der Waals surface area (Å²) in [5.74, 6) is 0.670. The summed E-state index contributed by atoms with van der Waals surface area (Å²) in [5.41, 5.74) is 2.29. The zero-order valence-corrected chi connectivity index (χ0v) is 10.7. The Morgan fingerprint density at radius 2 is 1.53 bits per heavy atom. The molecule has 0 bridgehead atoms. The molecule has 2 nitrogen and oxygen atoms in total. The van der Waals surface area contributed by atoms with Crippen LogP contribution in [0, 0.1) is 5.92 Å². The third kappa shape index (κ3) is 2.68. The highest BCUT2D eigenvalue weighted by Gasteiger charge is 2.26. The van der Waals surface area contributed by atoms with Crippen LogP contribution in [0.25, 0.3) is 11.1 Å². The van der Waals surface area contributed by atoms with E-state index in [-0.39, 0.29) is 11.9 Å². The van der Waals surface area contributed by atoms with Crippen LogP contribution in [0.5, 0.6) is 5.75 Å². The molecule has 1 aliphatic rings. The lowest BCUT2D eigenvalue weighted by Gasteiger charge is -2.22. The van der Waals surface area contributed by atoms with Gasteiger partial charge in [-0.1, -0.05) is 48.9 Å². The van der Waals surface area contributed by atoms with Gasteiger partial charge in [-0.15, -0.1) is 0 Å². The summed E-state index contributed by atoms with van der Waals surface area (Å²) in [6.45, 7) is 0. The number of esters is 1. The first kappa shape index (κ1) is 12.0. The van der Waals surface area contributed by atoms with Gasteiger partial charge in [-0.25, -0.2) is 0 Å². The molecule has 0 amide bonds. The lowest BCUT2D eigenvalue weighted by atomic mass is 9.86. The summed E-state index contributed by atoms with van der Waals surface area (Å²) in [7, 11) is 0. The summed E-state index contributed by atoms with van der Waals surface area (Å²) < 4.78 is 5.37. The summed E-state index contributed by atoms with van der Waals surface area (Å²) in [6, 6.07) is 17.8. The molecule has 2 aromatic carbocycles. The Labute approximate surface area is 113 Å². The Bertz CT molecular complexity index is 554. The molecule has 0 aromatic heterocycles. The molecule has 0 atom stereocenters. The van der Waals surface area contributed by atoms with E-state index in [0.717, 1.165) is 24.8 Å². The van der Waals surface area contributed by atoms with Crippen molar-refractivity contribution in [2.24, 2.45) is 5.92 Å². The maximum Gasteiger partial charge on any atom is 0.314 e. The number of benzene rings is 2. The fourth-order valence-corrected chi connectivity index (χ4v) is 2.19. The molecule has 0 saturated heterocycles. The minimum absolute atomic E-state index is 0.0845. The zero-order valence-electron chi connectivity index (χ0n) is 10.7. The smallest absolute Gasteiger partial charge is 0.314 e. The van der Waals surface area contributed by atoms with Crippen LogP contribution in [0.15, 0.2) is 54.6 Å². The molecule has 0 aliphatic heterocycles. The standard InChI is InChI=1S/C17H16O2/c18-17(15-7-4-8-15)19-16-11-9-14(10-12-16)13-5-2-1-3-6-13/h1-3,5-6,9-12,15H,4,7-8H2. The van der Waals surface area contributed by atoms with E-state index < -0.39 is 0 Å². The van der Waals surface area contributed by atoms with Crippen LogP contribution in [0.4, 0.5) is 0 Å². The van der Waals surface area contributed by atoms with Gasteiger partial charge in [0.2, 0.25) is 0 Å². The van der Waals surface area contributed by atoms with Gasteiger partial charge in [0.25, 0.3) is 0 Å². The predicted octanol–water partition coefficient (Wildman–Crippen LogP) is 4.06. The number of ether oxygens (including phenoxy) is 1. The first-order valence-corrected chi connectivity index (χ1v) is 6.70. The molecule has 19 heavy (non-hydrogen) atoms. The highest BCUT2D eigenvalue weighted by molar-refractivity contribution is 5.76. The van der Waals surface area contributed by atoms with Crippen LogP contribution in [0.2, 0.25) is 0 Å². The SMILES string of the molecule is O=C(Oc1ccc(-c2ccccc2)cc1)C1CCC1. The van der Waals surface area contributed by atoms with Crippen LogP contribution in [0.1, 0.15) is 19.3 Å². The molecule has 1 fully saturated rings. The number of hydrogen-bond donors (Lipinski definition) is 0. The average molecular weight is 252 g/mol. The minimum Gasteiger partial charge on any atom is -0.426 e. The van der Waals surface area contributed by atoms with Gasteiger partial charge in [0.05, 0.1) is 5.92 Å². The predicted molar refractivity (Wildman–Crippen MR) is 74.9 cm³/mol. The van der Waals surface area contributed by atoms with Crippen LogP contribution in [-0.4, -0.2) is 5.97 Å². The van der Waals surface area contributed by atoms with Gasteiger partial charge < -0.3 is 4.74 Å². The van der Waals surface area contributed by atoms with Gasteiger partial charge in [0.1, 0.15) is 5.75 Å². The van der Waals surface area contributed by atoms with Crippen LogP contribution < -0.4 is 4.74 Å². The van der Waals surface area contributed by atoms with E-state index >= 15 is 0 Å². The number of carbonyl (C=O) groups is 1. The average Bonchev–Trinajstić information content (AvgIpc) is 2.38.